The zero-order valence-electron chi connectivity index (χ0n) is 16.2. The van der Waals surface area contributed by atoms with Gasteiger partial charge in [-0.15, -0.1) is 0 Å². The first-order valence-electron chi connectivity index (χ1n) is 8.78. The highest BCUT2D eigenvalue weighted by Gasteiger charge is 2.25. The van der Waals surface area contributed by atoms with Gasteiger partial charge >= 0.3 is 0 Å². The normalized spacial score (nSPS) is 14.7. The van der Waals surface area contributed by atoms with Crippen LogP contribution in [0.2, 0.25) is 0 Å². The Labute approximate surface area is 172 Å². The van der Waals surface area contributed by atoms with Gasteiger partial charge in [-0.25, -0.2) is 0 Å². The van der Waals surface area contributed by atoms with E-state index < -0.39 is 11.1 Å². The van der Waals surface area contributed by atoms with E-state index in [1.54, 1.807) is 24.3 Å². The molecule has 0 spiro atoms. The molecule has 8 heteroatoms. The summed E-state index contributed by atoms with van der Waals surface area (Å²) in [5.41, 5.74) is 3.61. The number of imide groups is 1. The van der Waals surface area contributed by atoms with E-state index in [1.807, 2.05) is 32.0 Å². The summed E-state index contributed by atoms with van der Waals surface area (Å²) in [5.74, 6) is 0.0823. The van der Waals surface area contributed by atoms with Crippen LogP contribution in [0.15, 0.2) is 41.3 Å². The fourth-order valence-corrected chi connectivity index (χ4v) is 3.31. The van der Waals surface area contributed by atoms with Crippen LogP contribution in [0.25, 0.3) is 6.08 Å². The summed E-state index contributed by atoms with van der Waals surface area (Å²) < 4.78 is 10.9. The second-order valence-electron chi connectivity index (χ2n) is 6.40. The van der Waals surface area contributed by atoms with Gasteiger partial charge in [0.05, 0.1) is 12.0 Å². The highest BCUT2D eigenvalue weighted by Crippen LogP contribution is 2.31. The molecule has 1 aliphatic rings. The Morgan fingerprint density at radius 2 is 1.90 bits per heavy atom. The maximum atomic E-state index is 12.2. The molecule has 150 valence electrons. The Morgan fingerprint density at radius 3 is 2.55 bits per heavy atom. The molecule has 0 atom stereocenters. The van der Waals surface area contributed by atoms with Crippen LogP contribution < -0.4 is 20.1 Å². The third-order valence-electron chi connectivity index (χ3n) is 4.28. The monoisotopic (exact) mass is 412 g/mol. The van der Waals surface area contributed by atoms with Crippen molar-refractivity contribution >= 4 is 40.6 Å². The molecule has 0 aromatic heterocycles. The molecule has 1 heterocycles. The topological polar surface area (TPSA) is 93.7 Å². The molecule has 2 N–H and O–H groups in total. The SMILES string of the molecule is COc1cc(/C=C2\SC(=O)NC2=O)ccc1OCC(=O)Nc1ccc(C)c(C)c1. The lowest BCUT2D eigenvalue weighted by atomic mass is 10.1. The molecule has 3 amide bonds. The number of anilines is 1. The highest BCUT2D eigenvalue weighted by atomic mass is 32.2. The molecule has 2 aromatic rings. The van der Waals surface area contributed by atoms with Crippen LogP contribution in [-0.4, -0.2) is 30.8 Å². The fraction of sp³-hybridized carbons (Fsp3) is 0.190. The first kappa shape index (κ1) is 20.5. The van der Waals surface area contributed by atoms with Crippen molar-refractivity contribution in [3.05, 3.63) is 58.0 Å². The van der Waals surface area contributed by atoms with Gasteiger partial charge in [-0.3, -0.25) is 19.7 Å². The van der Waals surface area contributed by atoms with Gasteiger partial charge in [-0.2, -0.15) is 0 Å². The molecular formula is C21H20N2O5S. The number of carbonyl (C=O) groups excluding carboxylic acids is 3. The van der Waals surface area contributed by atoms with E-state index in [0.29, 0.717) is 27.7 Å². The number of aryl methyl sites for hydroxylation is 2. The molecule has 29 heavy (non-hydrogen) atoms. The molecule has 1 aliphatic heterocycles. The fourth-order valence-electron chi connectivity index (χ4n) is 2.63. The third kappa shape index (κ3) is 5.17. The van der Waals surface area contributed by atoms with Crippen molar-refractivity contribution in [1.29, 1.82) is 0 Å². The smallest absolute Gasteiger partial charge is 0.290 e. The number of hydrogen-bond donors (Lipinski definition) is 2. The quantitative estimate of drug-likeness (QED) is 0.704. The second-order valence-corrected chi connectivity index (χ2v) is 7.41. The van der Waals surface area contributed by atoms with E-state index in [2.05, 4.69) is 10.6 Å². The van der Waals surface area contributed by atoms with Crippen molar-refractivity contribution in [2.24, 2.45) is 0 Å². The minimum Gasteiger partial charge on any atom is -0.493 e. The minimum absolute atomic E-state index is 0.184. The van der Waals surface area contributed by atoms with E-state index in [9.17, 15) is 14.4 Å². The van der Waals surface area contributed by atoms with Gasteiger partial charge in [-0.1, -0.05) is 12.1 Å². The molecule has 0 saturated carbocycles. The molecule has 1 fully saturated rings. The van der Waals surface area contributed by atoms with E-state index in [1.165, 1.54) is 7.11 Å². The Balaban J connectivity index is 1.65. The van der Waals surface area contributed by atoms with Gasteiger partial charge in [0, 0.05) is 5.69 Å². The lowest BCUT2D eigenvalue weighted by Gasteiger charge is -2.12. The second kappa shape index (κ2) is 8.83. The molecule has 0 aliphatic carbocycles. The summed E-state index contributed by atoms with van der Waals surface area (Å²) >= 11 is 0.840. The van der Waals surface area contributed by atoms with Crippen LogP contribution in [0.1, 0.15) is 16.7 Å². The highest BCUT2D eigenvalue weighted by molar-refractivity contribution is 8.18. The van der Waals surface area contributed by atoms with Crippen molar-refractivity contribution in [2.75, 3.05) is 19.0 Å². The number of benzene rings is 2. The number of nitrogens with one attached hydrogen (secondary N) is 2. The van der Waals surface area contributed by atoms with Crippen molar-refractivity contribution in [3.8, 4) is 11.5 Å². The number of hydrogen-bond acceptors (Lipinski definition) is 6. The van der Waals surface area contributed by atoms with Gasteiger partial charge in [-0.05, 0) is 72.6 Å². The summed E-state index contributed by atoms with van der Waals surface area (Å²) in [4.78, 5) is 35.4. The standard InChI is InChI=1S/C21H20N2O5S/c1-12-4-6-15(8-13(12)2)22-19(24)11-28-16-7-5-14(9-17(16)27-3)10-18-20(25)23-21(26)29-18/h4-10H,11H2,1-3H3,(H,22,24)(H,23,25,26)/b18-10-. The number of thioether (sulfide) groups is 1. The Bertz CT molecular complexity index is 1020. The Hall–Kier alpha value is -3.26. The number of methoxy groups -OCH3 is 1. The molecule has 0 radical (unpaired) electrons. The van der Waals surface area contributed by atoms with E-state index in [4.69, 9.17) is 9.47 Å². The summed E-state index contributed by atoms with van der Waals surface area (Å²) in [5, 5.41) is 4.60. The molecule has 1 saturated heterocycles. The zero-order chi connectivity index (χ0) is 21.0. The average Bonchev–Trinajstić information content (AvgIpc) is 3.00. The number of rotatable bonds is 6. The molecule has 0 unspecified atom stereocenters. The minimum atomic E-state index is -0.428. The molecular weight excluding hydrogens is 392 g/mol. The first-order valence-corrected chi connectivity index (χ1v) is 9.60. The van der Waals surface area contributed by atoms with Crippen LogP contribution in [0.5, 0.6) is 11.5 Å². The molecule has 2 aromatic carbocycles. The van der Waals surface area contributed by atoms with Crippen molar-refractivity contribution in [1.82, 2.24) is 5.32 Å². The predicted molar refractivity (Wildman–Crippen MR) is 112 cm³/mol. The summed E-state index contributed by atoms with van der Waals surface area (Å²) in [6.07, 6.45) is 1.59. The van der Waals surface area contributed by atoms with Gasteiger partial charge in [0.1, 0.15) is 0 Å². The van der Waals surface area contributed by atoms with Crippen LogP contribution >= 0.6 is 11.8 Å². The zero-order valence-corrected chi connectivity index (χ0v) is 17.0. The summed E-state index contributed by atoms with van der Waals surface area (Å²) in [6.45, 7) is 3.80. The van der Waals surface area contributed by atoms with E-state index >= 15 is 0 Å². The first-order chi connectivity index (χ1) is 13.9. The average molecular weight is 412 g/mol. The molecule has 3 rings (SSSR count). The van der Waals surface area contributed by atoms with Gasteiger partial charge in [0.15, 0.2) is 18.1 Å². The van der Waals surface area contributed by atoms with E-state index in [-0.39, 0.29) is 12.5 Å². The van der Waals surface area contributed by atoms with Crippen LogP contribution in [0.4, 0.5) is 10.5 Å². The van der Waals surface area contributed by atoms with Crippen LogP contribution in [0.3, 0.4) is 0 Å². The summed E-state index contributed by atoms with van der Waals surface area (Å²) in [7, 11) is 1.48. The Morgan fingerprint density at radius 1 is 1.10 bits per heavy atom. The maximum absolute atomic E-state index is 12.2. The largest absolute Gasteiger partial charge is 0.493 e. The number of carbonyl (C=O) groups is 3. The van der Waals surface area contributed by atoms with Crippen molar-refractivity contribution in [3.63, 3.8) is 0 Å². The van der Waals surface area contributed by atoms with E-state index in [0.717, 1.165) is 22.9 Å². The number of amides is 3. The predicted octanol–water partition coefficient (Wildman–Crippen LogP) is 3.65. The lowest BCUT2D eigenvalue weighted by molar-refractivity contribution is -0.118. The van der Waals surface area contributed by atoms with Crippen molar-refractivity contribution in [2.45, 2.75) is 13.8 Å². The van der Waals surface area contributed by atoms with Gasteiger partial charge < -0.3 is 14.8 Å². The Kier molecular flexibility index (Phi) is 6.23. The lowest BCUT2D eigenvalue weighted by Crippen LogP contribution is -2.20. The van der Waals surface area contributed by atoms with Gasteiger partial charge in [0.2, 0.25) is 0 Å². The maximum Gasteiger partial charge on any atom is 0.290 e. The number of ether oxygens (including phenoxy) is 2. The van der Waals surface area contributed by atoms with Crippen LogP contribution in [-0.2, 0) is 9.59 Å². The molecule has 0 bridgehead atoms. The summed E-state index contributed by atoms with van der Waals surface area (Å²) in [6, 6.07) is 10.7. The van der Waals surface area contributed by atoms with Crippen LogP contribution in [0, 0.1) is 13.8 Å². The third-order valence-corrected chi connectivity index (χ3v) is 5.09. The molecule has 7 nitrogen and oxygen atoms in total. The van der Waals surface area contributed by atoms with Gasteiger partial charge in [0.25, 0.3) is 17.1 Å². The van der Waals surface area contributed by atoms with Crippen molar-refractivity contribution < 1.29 is 23.9 Å².